The van der Waals surface area contributed by atoms with Crippen molar-refractivity contribution in [1.29, 1.82) is 0 Å². The summed E-state index contributed by atoms with van der Waals surface area (Å²) in [5.41, 5.74) is 6.61. The fourth-order valence-electron chi connectivity index (χ4n) is 5.08. The molecule has 4 heterocycles. The lowest BCUT2D eigenvalue weighted by atomic mass is 10.0. The van der Waals surface area contributed by atoms with Crippen LogP contribution in [0.4, 0.5) is 0 Å². The lowest BCUT2D eigenvalue weighted by Crippen LogP contribution is -2.18. The highest BCUT2D eigenvalue weighted by molar-refractivity contribution is 5.96. The van der Waals surface area contributed by atoms with Crippen LogP contribution in [-0.4, -0.2) is 23.0 Å². The van der Waals surface area contributed by atoms with Gasteiger partial charge in [0.2, 0.25) is 0 Å². The van der Waals surface area contributed by atoms with Gasteiger partial charge in [-0.05, 0) is 87.0 Å². The molecule has 1 saturated heterocycles. The normalized spacial score (nSPS) is 16.7. The molecule has 1 fully saturated rings. The largest absolute Gasteiger partial charge is 0.454 e. The Bertz CT molecular complexity index is 1340. The number of benzene rings is 1. The molecule has 30 heavy (non-hydrogen) atoms. The Labute approximate surface area is 174 Å². The van der Waals surface area contributed by atoms with E-state index in [4.69, 9.17) is 8.83 Å². The molecule has 152 valence electrons. The average molecular weight is 400 g/mol. The smallest absolute Gasteiger partial charge is 0.336 e. The van der Waals surface area contributed by atoms with Crippen molar-refractivity contribution in [3.05, 3.63) is 63.3 Å². The van der Waals surface area contributed by atoms with Crippen molar-refractivity contribution < 1.29 is 8.83 Å². The van der Waals surface area contributed by atoms with E-state index in [2.05, 4.69) is 22.0 Å². The molecule has 0 saturated carbocycles. The van der Waals surface area contributed by atoms with E-state index in [1.165, 1.54) is 29.5 Å². The summed E-state index contributed by atoms with van der Waals surface area (Å²) in [4.78, 5) is 19.4. The molecule has 6 rings (SSSR count). The predicted molar refractivity (Wildman–Crippen MR) is 117 cm³/mol. The van der Waals surface area contributed by atoms with Gasteiger partial charge < -0.3 is 8.83 Å². The summed E-state index contributed by atoms with van der Waals surface area (Å²) in [5, 5.41) is 2.04. The topological polar surface area (TPSA) is 59.5 Å². The van der Waals surface area contributed by atoms with Crippen molar-refractivity contribution in [2.24, 2.45) is 0 Å². The Morgan fingerprint density at radius 2 is 1.77 bits per heavy atom. The zero-order valence-corrected chi connectivity index (χ0v) is 17.2. The minimum atomic E-state index is -0.344. The fourth-order valence-corrected chi connectivity index (χ4v) is 5.08. The van der Waals surface area contributed by atoms with Gasteiger partial charge in [-0.1, -0.05) is 0 Å². The Balaban J connectivity index is 1.54. The van der Waals surface area contributed by atoms with E-state index in [1.807, 2.05) is 19.2 Å². The van der Waals surface area contributed by atoms with Crippen LogP contribution in [0.1, 0.15) is 41.6 Å². The minimum Gasteiger partial charge on any atom is -0.454 e. The second-order valence-electron chi connectivity index (χ2n) is 8.66. The Morgan fingerprint density at radius 1 is 0.967 bits per heavy atom. The van der Waals surface area contributed by atoms with E-state index in [9.17, 15) is 4.79 Å². The number of hydrogen-bond donors (Lipinski definition) is 0. The first kappa shape index (κ1) is 17.9. The number of likely N-dealkylation sites (tertiary alicyclic amines) is 1. The zero-order valence-electron chi connectivity index (χ0n) is 17.2. The third kappa shape index (κ3) is 2.88. The van der Waals surface area contributed by atoms with Gasteiger partial charge in [-0.2, -0.15) is 0 Å². The van der Waals surface area contributed by atoms with Crippen LogP contribution in [0, 0.1) is 6.92 Å². The van der Waals surface area contributed by atoms with E-state index in [-0.39, 0.29) is 5.63 Å². The van der Waals surface area contributed by atoms with Crippen LogP contribution in [0.5, 0.6) is 0 Å². The Hall–Kier alpha value is -2.92. The van der Waals surface area contributed by atoms with Gasteiger partial charge in [0.25, 0.3) is 0 Å². The summed E-state index contributed by atoms with van der Waals surface area (Å²) in [6.07, 6.45) is 7.77. The molecular weight excluding hydrogens is 376 g/mol. The summed E-state index contributed by atoms with van der Waals surface area (Å²) < 4.78 is 11.9. The molecule has 0 atom stereocenters. The lowest BCUT2D eigenvalue weighted by molar-refractivity contribution is 0.332. The van der Waals surface area contributed by atoms with Crippen LogP contribution >= 0.6 is 0 Å². The van der Waals surface area contributed by atoms with E-state index < -0.39 is 0 Å². The van der Waals surface area contributed by atoms with Crippen molar-refractivity contribution in [3.8, 4) is 11.3 Å². The molecule has 4 aromatic rings. The molecule has 1 aliphatic heterocycles. The lowest BCUT2D eigenvalue weighted by Gasteiger charge is -2.14. The number of rotatable bonds is 3. The Morgan fingerprint density at radius 3 is 2.60 bits per heavy atom. The van der Waals surface area contributed by atoms with E-state index >= 15 is 0 Å². The van der Waals surface area contributed by atoms with Crippen LogP contribution in [0.25, 0.3) is 33.3 Å². The van der Waals surface area contributed by atoms with Gasteiger partial charge in [-0.15, -0.1) is 0 Å². The molecular formula is C25H24N2O3. The third-order valence-electron chi connectivity index (χ3n) is 6.64. The van der Waals surface area contributed by atoms with E-state index in [0.717, 1.165) is 66.5 Å². The van der Waals surface area contributed by atoms with Gasteiger partial charge in [-0.25, -0.2) is 4.79 Å². The maximum Gasteiger partial charge on any atom is 0.336 e. The van der Waals surface area contributed by atoms with Crippen molar-refractivity contribution in [2.45, 2.75) is 45.6 Å². The Kier molecular flexibility index (Phi) is 4.06. The van der Waals surface area contributed by atoms with Gasteiger partial charge in [-0.3, -0.25) is 9.88 Å². The molecule has 0 spiro atoms. The van der Waals surface area contributed by atoms with Crippen molar-refractivity contribution in [1.82, 2.24) is 9.88 Å². The number of furan rings is 1. The molecule has 2 aliphatic rings. The summed E-state index contributed by atoms with van der Waals surface area (Å²) in [6.45, 7) is 5.12. The molecule has 1 aliphatic carbocycles. The maximum atomic E-state index is 12.3. The van der Waals surface area contributed by atoms with Crippen LogP contribution in [0.15, 0.2) is 44.1 Å². The molecule has 3 aromatic heterocycles. The van der Waals surface area contributed by atoms with Gasteiger partial charge in [0.15, 0.2) is 5.58 Å². The standard InChI is InChI=1S/C25H24N2O3/c1-15-25-19(18(13-26-15)14-27-7-2-3-8-27)11-23(30-25)21-12-24(28)29-22-10-17-6-4-5-16(17)9-20(21)22/h9-13H,2-8,14H2,1H3. The van der Waals surface area contributed by atoms with Crippen molar-refractivity contribution >= 4 is 21.9 Å². The molecule has 0 bridgehead atoms. The van der Waals surface area contributed by atoms with E-state index in [1.54, 1.807) is 6.07 Å². The summed E-state index contributed by atoms with van der Waals surface area (Å²) >= 11 is 0. The molecule has 5 heteroatoms. The second kappa shape index (κ2) is 6.81. The molecule has 0 N–H and O–H groups in total. The highest BCUT2D eigenvalue weighted by Gasteiger charge is 2.20. The van der Waals surface area contributed by atoms with Gasteiger partial charge in [0, 0.05) is 35.1 Å². The predicted octanol–water partition coefficient (Wildman–Crippen LogP) is 4.99. The van der Waals surface area contributed by atoms with Crippen molar-refractivity contribution in [2.75, 3.05) is 13.1 Å². The van der Waals surface area contributed by atoms with E-state index in [0.29, 0.717) is 11.3 Å². The highest BCUT2D eigenvalue weighted by atomic mass is 16.4. The number of aryl methyl sites for hydroxylation is 3. The van der Waals surface area contributed by atoms with Gasteiger partial charge in [0.1, 0.15) is 11.3 Å². The first-order chi connectivity index (χ1) is 14.7. The van der Waals surface area contributed by atoms with Gasteiger partial charge in [0.05, 0.1) is 5.69 Å². The van der Waals surface area contributed by atoms with Crippen molar-refractivity contribution in [3.63, 3.8) is 0 Å². The zero-order chi connectivity index (χ0) is 20.2. The molecule has 0 amide bonds. The summed E-state index contributed by atoms with van der Waals surface area (Å²) in [6, 6.07) is 7.86. The molecule has 0 radical (unpaired) electrons. The summed E-state index contributed by atoms with van der Waals surface area (Å²) in [7, 11) is 0. The van der Waals surface area contributed by atoms with Crippen LogP contribution in [0.3, 0.4) is 0 Å². The van der Waals surface area contributed by atoms with Crippen LogP contribution in [-0.2, 0) is 19.4 Å². The average Bonchev–Trinajstić information content (AvgIpc) is 3.48. The third-order valence-corrected chi connectivity index (χ3v) is 6.64. The second-order valence-corrected chi connectivity index (χ2v) is 8.66. The number of hydrogen-bond acceptors (Lipinski definition) is 5. The first-order valence-electron chi connectivity index (χ1n) is 10.9. The maximum absolute atomic E-state index is 12.3. The number of fused-ring (bicyclic) bond motifs is 3. The number of nitrogens with zero attached hydrogens (tertiary/aromatic N) is 2. The van der Waals surface area contributed by atoms with Crippen LogP contribution < -0.4 is 5.63 Å². The summed E-state index contributed by atoms with van der Waals surface area (Å²) in [5.74, 6) is 0.708. The molecule has 5 nitrogen and oxygen atoms in total. The highest BCUT2D eigenvalue weighted by Crippen LogP contribution is 2.37. The quantitative estimate of drug-likeness (QED) is 0.453. The fraction of sp³-hybridized carbons (Fsp3) is 0.360. The SMILES string of the molecule is Cc1ncc(CN2CCCC2)c2cc(-c3cc(=O)oc4cc5c(cc34)CCC5)oc12. The molecule has 0 unspecified atom stereocenters. The molecule has 1 aromatic carbocycles. The van der Waals surface area contributed by atoms with Gasteiger partial charge >= 0.3 is 5.63 Å². The first-order valence-corrected chi connectivity index (χ1v) is 10.9. The minimum absolute atomic E-state index is 0.344. The van der Waals surface area contributed by atoms with Crippen LogP contribution in [0.2, 0.25) is 0 Å². The number of aromatic nitrogens is 1. The number of pyridine rings is 1. The monoisotopic (exact) mass is 400 g/mol.